The molecule has 0 aliphatic heterocycles. The van der Waals surface area contributed by atoms with Gasteiger partial charge in [-0.25, -0.2) is 0 Å². The number of anilines is 1. The van der Waals surface area contributed by atoms with E-state index in [2.05, 4.69) is 5.32 Å². The molecule has 0 aliphatic rings. The van der Waals surface area contributed by atoms with Gasteiger partial charge in [0.15, 0.2) is 0 Å². The Kier molecular flexibility index (Phi) is 5.41. The molecule has 2 rings (SSSR count). The summed E-state index contributed by atoms with van der Waals surface area (Å²) >= 11 is 5.91. The third kappa shape index (κ3) is 5.32. The maximum Gasteiger partial charge on any atom is 0.244 e. The van der Waals surface area contributed by atoms with E-state index in [9.17, 15) is 4.79 Å². The van der Waals surface area contributed by atoms with Crippen molar-refractivity contribution in [1.82, 2.24) is 5.32 Å². The van der Waals surface area contributed by atoms with Crippen LogP contribution in [0.25, 0.3) is 6.08 Å². The first-order chi connectivity index (χ1) is 10.1. The van der Waals surface area contributed by atoms with Crippen LogP contribution in [0, 0.1) is 0 Å². The highest BCUT2D eigenvalue weighted by atomic mass is 35.5. The van der Waals surface area contributed by atoms with Gasteiger partial charge in [-0.1, -0.05) is 35.9 Å². The van der Waals surface area contributed by atoms with E-state index in [0.717, 1.165) is 17.5 Å². The van der Waals surface area contributed by atoms with Crippen molar-refractivity contribution in [2.75, 3.05) is 12.3 Å². The fourth-order valence-electron chi connectivity index (χ4n) is 1.86. The van der Waals surface area contributed by atoms with Crippen molar-refractivity contribution in [3.63, 3.8) is 0 Å². The average molecular weight is 301 g/mol. The van der Waals surface area contributed by atoms with Gasteiger partial charge in [0, 0.05) is 23.3 Å². The Hall–Kier alpha value is -2.26. The summed E-state index contributed by atoms with van der Waals surface area (Å²) in [6.45, 7) is 0.575. The molecular formula is C17H17ClN2O. The van der Waals surface area contributed by atoms with Gasteiger partial charge in [-0.2, -0.15) is 0 Å². The van der Waals surface area contributed by atoms with Crippen LogP contribution in [-0.4, -0.2) is 12.5 Å². The fraction of sp³-hybridized carbons (Fsp3) is 0.118. The molecule has 4 heteroatoms. The molecule has 0 heterocycles. The summed E-state index contributed by atoms with van der Waals surface area (Å²) in [5.41, 5.74) is 8.35. The highest BCUT2D eigenvalue weighted by Gasteiger charge is 1.97. The van der Waals surface area contributed by atoms with Gasteiger partial charge in [0.2, 0.25) is 5.91 Å². The first kappa shape index (κ1) is 15.1. The molecule has 108 valence electrons. The number of nitrogens with two attached hydrogens (primary N) is 1. The van der Waals surface area contributed by atoms with E-state index < -0.39 is 0 Å². The molecule has 0 aliphatic carbocycles. The van der Waals surface area contributed by atoms with E-state index in [1.165, 1.54) is 6.08 Å². The van der Waals surface area contributed by atoms with Crippen molar-refractivity contribution in [1.29, 1.82) is 0 Å². The van der Waals surface area contributed by atoms with Crippen LogP contribution in [0.5, 0.6) is 0 Å². The molecule has 0 radical (unpaired) electrons. The standard InChI is InChI=1S/C17H17ClN2O/c18-15-3-1-2-14(12-15)10-11-20-17(21)9-6-13-4-7-16(19)8-5-13/h1-9,12H,10-11,19H2,(H,20,21)/b9-6+. The second kappa shape index (κ2) is 7.50. The van der Waals surface area contributed by atoms with Crippen LogP contribution in [0.1, 0.15) is 11.1 Å². The van der Waals surface area contributed by atoms with Gasteiger partial charge < -0.3 is 11.1 Å². The summed E-state index contributed by atoms with van der Waals surface area (Å²) in [6.07, 6.45) is 4.03. The molecular weight excluding hydrogens is 284 g/mol. The summed E-state index contributed by atoms with van der Waals surface area (Å²) in [4.78, 5) is 11.7. The maximum atomic E-state index is 11.7. The largest absolute Gasteiger partial charge is 0.399 e. The molecule has 1 amide bonds. The Morgan fingerprint density at radius 3 is 2.67 bits per heavy atom. The van der Waals surface area contributed by atoms with Crippen LogP contribution < -0.4 is 11.1 Å². The molecule has 0 fully saturated rings. The summed E-state index contributed by atoms with van der Waals surface area (Å²) in [6, 6.07) is 15.0. The number of amides is 1. The van der Waals surface area contributed by atoms with E-state index in [4.69, 9.17) is 17.3 Å². The average Bonchev–Trinajstić information content (AvgIpc) is 2.47. The number of rotatable bonds is 5. The minimum Gasteiger partial charge on any atom is -0.399 e. The highest BCUT2D eigenvalue weighted by Crippen LogP contribution is 2.10. The van der Waals surface area contributed by atoms with E-state index in [-0.39, 0.29) is 5.91 Å². The van der Waals surface area contributed by atoms with Gasteiger partial charge in [0.25, 0.3) is 0 Å². The predicted molar refractivity (Wildman–Crippen MR) is 88.1 cm³/mol. The van der Waals surface area contributed by atoms with Gasteiger partial charge in [0.05, 0.1) is 0 Å². The number of hydrogen-bond acceptors (Lipinski definition) is 2. The van der Waals surface area contributed by atoms with Crippen LogP contribution in [0.3, 0.4) is 0 Å². The van der Waals surface area contributed by atoms with Crippen LogP contribution in [0.15, 0.2) is 54.6 Å². The Bertz CT molecular complexity index is 635. The van der Waals surface area contributed by atoms with Crippen molar-refractivity contribution < 1.29 is 4.79 Å². The van der Waals surface area contributed by atoms with Gasteiger partial charge in [-0.3, -0.25) is 4.79 Å². The highest BCUT2D eigenvalue weighted by molar-refractivity contribution is 6.30. The van der Waals surface area contributed by atoms with Gasteiger partial charge in [-0.15, -0.1) is 0 Å². The Labute approximate surface area is 129 Å². The van der Waals surface area contributed by atoms with Crippen molar-refractivity contribution in [2.24, 2.45) is 0 Å². The number of hydrogen-bond donors (Lipinski definition) is 2. The zero-order chi connectivity index (χ0) is 15.1. The third-order valence-electron chi connectivity index (χ3n) is 2.97. The topological polar surface area (TPSA) is 55.1 Å². The minimum absolute atomic E-state index is 0.117. The second-order valence-electron chi connectivity index (χ2n) is 4.67. The zero-order valence-corrected chi connectivity index (χ0v) is 12.3. The molecule has 2 aromatic rings. The van der Waals surface area contributed by atoms with Crippen molar-refractivity contribution in [3.8, 4) is 0 Å². The lowest BCUT2D eigenvalue weighted by Crippen LogP contribution is -2.23. The molecule has 0 bridgehead atoms. The minimum atomic E-state index is -0.117. The summed E-state index contributed by atoms with van der Waals surface area (Å²) < 4.78 is 0. The number of carbonyl (C=O) groups excluding carboxylic acids is 1. The number of nitrogen functional groups attached to an aromatic ring is 1. The van der Waals surface area contributed by atoms with E-state index in [1.807, 2.05) is 36.4 Å². The van der Waals surface area contributed by atoms with Crippen LogP contribution in [0.4, 0.5) is 5.69 Å². The molecule has 3 N–H and O–H groups in total. The molecule has 2 aromatic carbocycles. The van der Waals surface area contributed by atoms with E-state index in [1.54, 1.807) is 18.2 Å². The third-order valence-corrected chi connectivity index (χ3v) is 3.20. The predicted octanol–water partition coefficient (Wildman–Crippen LogP) is 3.29. The smallest absolute Gasteiger partial charge is 0.244 e. The summed E-state index contributed by atoms with van der Waals surface area (Å²) in [5.74, 6) is -0.117. The number of halogens is 1. The molecule has 0 atom stereocenters. The van der Waals surface area contributed by atoms with Crippen molar-refractivity contribution in [3.05, 3.63) is 70.8 Å². The lowest BCUT2D eigenvalue weighted by Gasteiger charge is -2.03. The Morgan fingerprint density at radius 2 is 1.95 bits per heavy atom. The normalized spacial score (nSPS) is 10.7. The molecule has 21 heavy (non-hydrogen) atoms. The van der Waals surface area contributed by atoms with Gasteiger partial charge in [-0.05, 0) is 47.9 Å². The molecule has 0 saturated carbocycles. The molecule has 0 unspecified atom stereocenters. The van der Waals surface area contributed by atoms with E-state index in [0.29, 0.717) is 17.3 Å². The lowest BCUT2D eigenvalue weighted by atomic mass is 10.1. The lowest BCUT2D eigenvalue weighted by molar-refractivity contribution is -0.116. The van der Waals surface area contributed by atoms with Crippen molar-refractivity contribution in [2.45, 2.75) is 6.42 Å². The first-order valence-electron chi connectivity index (χ1n) is 6.69. The summed E-state index contributed by atoms with van der Waals surface area (Å²) in [7, 11) is 0. The van der Waals surface area contributed by atoms with Crippen LogP contribution in [0.2, 0.25) is 5.02 Å². The van der Waals surface area contributed by atoms with E-state index >= 15 is 0 Å². The molecule has 0 saturated heterocycles. The Morgan fingerprint density at radius 1 is 1.19 bits per heavy atom. The SMILES string of the molecule is Nc1ccc(/C=C/C(=O)NCCc2cccc(Cl)c2)cc1. The van der Waals surface area contributed by atoms with Crippen molar-refractivity contribution >= 4 is 29.3 Å². The zero-order valence-electron chi connectivity index (χ0n) is 11.6. The first-order valence-corrected chi connectivity index (χ1v) is 7.07. The van der Waals surface area contributed by atoms with Crippen LogP contribution >= 0.6 is 11.6 Å². The Balaban J connectivity index is 1.78. The van der Waals surface area contributed by atoms with Gasteiger partial charge in [0.1, 0.15) is 0 Å². The molecule has 3 nitrogen and oxygen atoms in total. The maximum absolute atomic E-state index is 11.7. The number of nitrogens with one attached hydrogen (secondary N) is 1. The van der Waals surface area contributed by atoms with Crippen LogP contribution in [-0.2, 0) is 11.2 Å². The number of benzene rings is 2. The fourth-order valence-corrected chi connectivity index (χ4v) is 2.07. The summed E-state index contributed by atoms with van der Waals surface area (Å²) in [5, 5.41) is 3.55. The molecule has 0 aromatic heterocycles. The monoisotopic (exact) mass is 300 g/mol. The molecule has 0 spiro atoms. The second-order valence-corrected chi connectivity index (χ2v) is 5.11. The number of carbonyl (C=O) groups is 1. The van der Waals surface area contributed by atoms with Gasteiger partial charge >= 0.3 is 0 Å². The quantitative estimate of drug-likeness (QED) is 0.657.